The molecule has 1 aromatic carbocycles. The maximum Gasteiger partial charge on any atom is 0.257 e. The lowest BCUT2D eigenvalue weighted by Crippen LogP contribution is -2.30. The van der Waals surface area contributed by atoms with Gasteiger partial charge in [0.2, 0.25) is 0 Å². The van der Waals surface area contributed by atoms with E-state index in [0.29, 0.717) is 21.3 Å². The van der Waals surface area contributed by atoms with E-state index in [-0.39, 0.29) is 5.91 Å². The van der Waals surface area contributed by atoms with Gasteiger partial charge in [-0.1, -0.05) is 23.2 Å². The highest BCUT2D eigenvalue weighted by molar-refractivity contribution is 6.36. The molecular weight excluding hydrogens is 333 g/mol. The molecule has 3 rings (SSSR count). The standard InChI is InChI=1S/C17H17Cl2N3O/c18-13-5-6-15(14(19)10-13)21-17(23)12-4-7-16(20-11-12)22-8-2-1-3-9-22/h4-7,10-11H,1-3,8-9H2,(H,21,23). The van der Waals surface area contributed by atoms with Crippen molar-refractivity contribution in [3.63, 3.8) is 0 Å². The highest BCUT2D eigenvalue weighted by Gasteiger charge is 2.14. The van der Waals surface area contributed by atoms with Crippen molar-refractivity contribution < 1.29 is 4.79 Å². The van der Waals surface area contributed by atoms with Gasteiger partial charge in [0.1, 0.15) is 5.82 Å². The summed E-state index contributed by atoms with van der Waals surface area (Å²) in [4.78, 5) is 18.9. The van der Waals surface area contributed by atoms with Gasteiger partial charge in [0.15, 0.2) is 0 Å². The highest BCUT2D eigenvalue weighted by atomic mass is 35.5. The van der Waals surface area contributed by atoms with Gasteiger partial charge in [-0.25, -0.2) is 4.98 Å². The van der Waals surface area contributed by atoms with Crippen LogP contribution in [0.3, 0.4) is 0 Å². The number of nitrogens with zero attached hydrogens (tertiary/aromatic N) is 2. The zero-order chi connectivity index (χ0) is 16.2. The van der Waals surface area contributed by atoms with E-state index in [4.69, 9.17) is 23.2 Å². The van der Waals surface area contributed by atoms with Crippen LogP contribution in [-0.2, 0) is 0 Å². The van der Waals surface area contributed by atoms with Crippen molar-refractivity contribution in [1.29, 1.82) is 0 Å². The summed E-state index contributed by atoms with van der Waals surface area (Å²) in [6, 6.07) is 8.63. The Labute approximate surface area is 145 Å². The number of pyridine rings is 1. The molecule has 1 fully saturated rings. The Balaban J connectivity index is 1.69. The Kier molecular flexibility index (Phi) is 5.03. The molecule has 0 saturated carbocycles. The molecule has 120 valence electrons. The van der Waals surface area contributed by atoms with E-state index in [1.807, 2.05) is 6.07 Å². The molecule has 2 aromatic rings. The lowest BCUT2D eigenvalue weighted by Gasteiger charge is -2.27. The average Bonchev–Trinajstić information content (AvgIpc) is 2.58. The minimum atomic E-state index is -0.244. The molecule has 1 N–H and O–H groups in total. The Hall–Kier alpha value is -1.78. The molecule has 1 aliphatic rings. The predicted molar refractivity (Wildman–Crippen MR) is 94.7 cm³/mol. The molecule has 0 aliphatic carbocycles. The maximum atomic E-state index is 12.3. The smallest absolute Gasteiger partial charge is 0.257 e. The first-order valence-electron chi connectivity index (χ1n) is 7.61. The number of nitrogens with one attached hydrogen (secondary N) is 1. The minimum absolute atomic E-state index is 0.244. The minimum Gasteiger partial charge on any atom is -0.357 e. The topological polar surface area (TPSA) is 45.2 Å². The van der Waals surface area contributed by atoms with E-state index in [9.17, 15) is 4.79 Å². The average molecular weight is 350 g/mol. The number of hydrogen-bond acceptors (Lipinski definition) is 3. The summed E-state index contributed by atoms with van der Waals surface area (Å²) in [5, 5.41) is 3.70. The lowest BCUT2D eigenvalue weighted by atomic mass is 10.1. The molecule has 6 heteroatoms. The number of amides is 1. The molecule has 0 spiro atoms. The fourth-order valence-corrected chi connectivity index (χ4v) is 3.07. The molecule has 4 nitrogen and oxygen atoms in total. The Morgan fingerprint density at radius 3 is 2.52 bits per heavy atom. The second kappa shape index (κ2) is 7.20. The van der Waals surface area contributed by atoms with Crippen molar-refractivity contribution >= 4 is 40.6 Å². The third-order valence-corrected chi connectivity index (χ3v) is 4.42. The van der Waals surface area contributed by atoms with Crippen molar-refractivity contribution in [1.82, 2.24) is 4.98 Å². The number of benzene rings is 1. The van der Waals surface area contributed by atoms with Crippen LogP contribution in [-0.4, -0.2) is 24.0 Å². The molecule has 1 aromatic heterocycles. The molecule has 0 radical (unpaired) electrons. The number of hydrogen-bond donors (Lipinski definition) is 1. The van der Waals surface area contributed by atoms with E-state index in [1.165, 1.54) is 19.3 Å². The van der Waals surface area contributed by atoms with Gasteiger partial charge in [-0.15, -0.1) is 0 Å². The van der Waals surface area contributed by atoms with E-state index >= 15 is 0 Å². The molecule has 0 bridgehead atoms. The predicted octanol–water partition coefficient (Wildman–Crippen LogP) is 4.63. The van der Waals surface area contributed by atoms with Gasteiger partial charge in [-0.3, -0.25) is 4.79 Å². The number of anilines is 2. The van der Waals surface area contributed by atoms with Crippen molar-refractivity contribution in [2.75, 3.05) is 23.3 Å². The van der Waals surface area contributed by atoms with Crippen LogP contribution in [0.4, 0.5) is 11.5 Å². The van der Waals surface area contributed by atoms with Crippen molar-refractivity contribution in [2.24, 2.45) is 0 Å². The van der Waals surface area contributed by atoms with Crippen LogP contribution < -0.4 is 10.2 Å². The summed E-state index contributed by atoms with van der Waals surface area (Å²) >= 11 is 11.9. The fraction of sp³-hybridized carbons (Fsp3) is 0.294. The van der Waals surface area contributed by atoms with E-state index in [2.05, 4.69) is 15.2 Å². The molecule has 1 amide bonds. The first kappa shape index (κ1) is 16.1. The van der Waals surface area contributed by atoms with Gasteiger partial charge >= 0.3 is 0 Å². The molecule has 2 heterocycles. The van der Waals surface area contributed by atoms with Crippen LogP contribution in [0.25, 0.3) is 0 Å². The first-order valence-corrected chi connectivity index (χ1v) is 8.36. The monoisotopic (exact) mass is 349 g/mol. The van der Waals surface area contributed by atoms with Gasteiger partial charge in [0.05, 0.1) is 16.3 Å². The van der Waals surface area contributed by atoms with Crippen molar-refractivity contribution in [3.8, 4) is 0 Å². The largest absolute Gasteiger partial charge is 0.357 e. The normalized spacial score (nSPS) is 14.6. The van der Waals surface area contributed by atoms with Crippen LogP contribution in [0.2, 0.25) is 10.0 Å². The van der Waals surface area contributed by atoms with E-state index in [1.54, 1.807) is 30.5 Å². The zero-order valence-corrected chi connectivity index (χ0v) is 14.1. The van der Waals surface area contributed by atoms with Gasteiger partial charge in [0.25, 0.3) is 5.91 Å². The summed E-state index contributed by atoms with van der Waals surface area (Å²) in [5.74, 6) is 0.678. The number of carbonyl (C=O) groups is 1. The van der Waals surface area contributed by atoms with Crippen molar-refractivity contribution in [3.05, 3.63) is 52.1 Å². The maximum absolute atomic E-state index is 12.3. The van der Waals surface area contributed by atoms with E-state index in [0.717, 1.165) is 18.9 Å². The molecule has 0 unspecified atom stereocenters. The number of halogens is 2. The third kappa shape index (κ3) is 3.95. The van der Waals surface area contributed by atoms with Crippen LogP contribution in [0.5, 0.6) is 0 Å². The summed E-state index contributed by atoms with van der Waals surface area (Å²) in [7, 11) is 0. The van der Waals surface area contributed by atoms with Crippen LogP contribution >= 0.6 is 23.2 Å². The van der Waals surface area contributed by atoms with Crippen LogP contribution in [0.15, 0.2) is 36.5 Å². The van der Waals surface area contributed by atoms with Crippen LogP contribution in [0, 0.1) is 0 Å². The zero-order valence-electron chi connectivity index (χ0n) is 12.6. The van der Waals surface area contributed by atoms with Gasteiger partial charge < -0.3 is 10.2 Å². The van der Waals surface area contributed by atoms with Gasteiger partial charge in [-0.05, 0) is 49.6 Å². The summed E-state index contributed by atoms with van der Waals surface area (Å²) in [6.07, 6.45) is 5.26. The molecule has 0 atom stereocenters. The van der Waals surface area contributed by atoms with Gasteiger partial charge in [0, 0.05) is 24.3 Å². The number of rotatable bonds is 3. The Bertz CT molecular complexity index is 697. The summed E-state index contributed by atoms with van der Waals surface area (Å²) in [6.45, 7) is 2.05. The SMILES string of the molecule is O=C(Nc1ccc(Cl)cc1Cl)c1ccc(N2CCCCC2)nc1. The van der Waals surface area contributed by atoms with Crippen molar-refractivity contribution in [2.45, 2.75) is 19.3 Å². The highest BCUT2D eigenvalue weighted by Crippen LogP contribution is 2.26. The molecular formula is C17H17Cl2N3O. The van der Waals surface area contributed by atoms with Gasteiger partial charge in [-0.2, -0.15) is 0 Å². The summed E-state index contributed by atoms with van der Waals surface area (Å²) in [5.41, 5.74) is 1.03. The number of piperidine rings is 1. The fourth-order valence-electron chi connectivity index (χ4n) is 2.62. The van der Waals surface area contributed by atoms with E-state index < -0.39 is 0 Å². The van der Waals surface area contributed by atoms with Crippen LogP contribution in [0.1, 0.15) is 29.6 Å². The lowest BCUT2D eigenvalue weighted by molar-refractivity contribution is 0.102. The molecule has 23 heavy (non-hydrogen) atoms. The molecule has 1 aliphatic heterocycles. The third-order valence-electron chi connectivity index (χ3n) is 3.87. The summed E-state index contributed by atoms with van der Waals surface area (Å²) < 4.78 is 0. The second-order valence-electron chi connectivity index (χ2n) is 5.53. The Morgan fingerprint density at radius 1 is 1.09 bits per heavy atom. The number of aromatic nitrogens is 1. The number of carbonyl (C=O) groups excluding carboxylic acids is 1. The quantitative estimate of drug-likeness (QED) is 0.878. The molecule has 1 saturated heterocycles. The first-order chi connectivity index (χ1) is 11.1. The second-order valence-corrected chi connectivity index (χ2v) is 6.37. The Morgan fingerprint density at radius 2 is 1.87 bits per heavy atom.